The zero-order chi connectivity index (χ0) is 15.7. The van der Waals surface area contributed by atoms with Crippen molar-refractivity contribution in [2.24, 2.45) is 5.41 Å². The van der Waals surface area contributed by atoms with Gasteiger partial charge in [-0.15, -0.1) is 0 Å². The molecule has 1 rings (SSSR count). The van der Waals surface area contributed by atoms with E-state index in [0.717, 1.165) is 23.1 Å². The lowest BCUT2D eigenvalue weighted by atomic mass is 9.80. The van der Waals surface area contributed by atoms with Crippen molar-refractivity contribution in [2.75, 3.05) is 0 Å². The van der Waals surface area contributed by atoms with Crippen LogP contribution < -0.4 is 0 Å². The number of carboxylic acids is 1. The predicted molar refractivity (Wildman–Crippen MR) is 81.3 cm³/mol. The van der Waals surface area contributed by atoms with E-state index in [1.165, 1.54) is 0 Å². The molecular weight excluding hydrogens is 252 g/mol. The minimum absolute atomic E-state index is 0.169. The summed E-state index contributed by atoms with van der Waals surface area (Å²) in [5.41, 5.74) is 1.68. The minimum Gasteiger partial charge on any atom is -0.507 e. The number of hydrogen-bond donors (Lipinski definition) is 2. The van der Waals surface area contributed by atoms with Gasteiger partial charge in [0.15, 0.2) is 0 Å². The van der Waals surface area contributed by atoms with Gasteiger partial charge in [-0.1, -0.05) is 39.8 Å². The molecule has 2 N–H and O–H groups in total. The number of phenolic OH excluding ortho intramolecular Hbond substituents is 1. The number of hydrogen-bond acceptors (Lipinski definition) is 2. The highest BCUT2D eigenvalue weighted by atomic mass is 16.4. The number of aryl methyl sites for hydroxylation is 1. The molecule has 0 amide bonds. The zero-order valence-corrected chi connectivity index (χ0v) is 13.4. The molecule has 0 fully saturated rings. The van der Waals surface area contributed by atoms with Crippen LogP contribution in [0.25, 0.3) is 0 Å². The van der Waals surface area contributed by atoms with Crippen molar-refractivity contribution < 1.29 is 15.0 Å². The summed E-state index contributed by atoms with van der Waals surface area (Å²) in [4.78, 5) is 11.3. The van der Waals surface area contributed by atoms with E-state index in [1.807, 2.05) is 32.9 Å². The summed E-state index contributed by atoms with van der Waals surface area (Å²) in [5, 5.41) is 19.8. The second-order valence-corrected chi connectivity index (χ2v) is 7.12. The fourth-order valence-corrected chi connectivity index (χ4v) is 2.22. The van der Waals surface area contributed by atoms with Gasteiger partial charge in [0.1, 0.15) is 5.75 Å². The van der Waals surface area contributed by atoms with Gasteiger partial charge < -0.3 is 10.2 Å². The molecule has 0 aliphatic rings. The van der Waals surface area contributed by atoms with E-state index in [9.17, 15) is 15.0 Å². The van der Waals surface area contributed by atoms with E-state index in [1.54, 1.807) is 13.8 Å². The van der Waals surface area contributed by atoms with Crippen LogP contribution in [0, 0.1) is 5.41 Å². The van der Waals surface area contributed by atoms with Gasteiger partial charge in [0.05, 0.1) is 5.41 Å². The highest BCUT2D eigenvalue weighted by Crippen LogP contribution is 2.37. The molecule has 0 aliphatic carbocycles. The van der Waals surface area contributed by atoms with E-state index in [4.69, 9.17) is 0 Å². The summed E-state index contributed by atoms with van der Waals surface area (Å²) in [6, 6.07) is 3.95. The van der Waals surface area contributed by atoms with Gasteiger partial charge in [0.25, 0.3) is 0 Å². The van der Waals surface area contributed by atoms with Gasteiger partial charge in [0, 0.05) is 0 Å². The summed E-state index contributed by atoms with van der Waals surface area (Å²) in [5.74, 6) is -0.611. The maximum Gasteiger partial charge on any atom is 0.309 e. The van der Waals surface area contributed by atoms with Crippen LogP contribution in [0.15, 0.2) is 12.1 Å². The van der Waals surface area contributed by atoms with Crippen LogP contribution in [0.5, 0.6) is 5.75 Å². The van der Waals surface area contributed by atoms with Crippen LogP contribution in [0.1, 0.15) is 58.2 Å². The Morgan fingerprint density at radius 3 is 2.10 bits per heavy atom. The second kappa shape index (κ2) is 5.47. The molecule has 0 aliphatic heterocycles. The van der Waals surface area contributed by atoms with E-state index >= 15 is 0 Å². The van der Waals surface area contributed by atoms with Gasteiger partial charge in [-0.25, -0.2) is 0 Å². The average molecular weight is 278 g/mol. The first-order valence-electron chi connectivity index (χ1n) is 7.07. The minimum atomic E-state index is -0.890. The van der Waals surface area contributed by atoms with Crippen LogP contribution in [0.3, 0.4) is 0 Å². The molecule has 0 aromatic heterocycles. The molecule has 3 heteroatoms. The van der Waals surface area contributed by atoms with Gasteiger partial charge in [-0.3, -0.25) is 4.79 Å². The summed E-state index contributed by atoms with van der Waals surface area (Å²) >= 11 is 0. The molecule has 0 heterocycles. The fraction of sp³-hybridized carbons (Fsp3) is 0.588. The normalized spacial score (nSPS) is 12.5. The highest BCUT2D eigenvalue weighted by molar-refractivity contribution is 5.74. The SMILES string of the molecule is CCc1cc(CC(C)(C)C(=O)O)c(O)c(C(C)(C)C)c1. The third-order valence-corrected chi connectivity index (χ3v) is 3.68. The monoisotopic (exact) mass is 278 g/mol. The van der Waals surface area contributed by atoms with E-state index < -0.39 is 11.4 Å². The third kappa shape index (κ3) is 3.53. The van der Waals surface area contributed by atoms with Crippen LogP contribution in [0.4, 0.5) is 0 Å². The number of benzene rings is 1. The Labute approximate surface area is 121 Å². The lowest BCUT2D eigenvalue weighted by Crippen LogP contribution is -2.26. The molecule has 0 saturated heterocycles. The van der Waals surface area contributed by atoms with Crippen molar-refractivity contribution in [3.8, 4) is 5.75 Å². The Morgan fingerprint density at radius 2 is 1.70 bits per heavy atom. The van der Waals surface area contributed by atoms with Crippen molar-refractivity contribution in [2.45, 2.75) is 59.8 Å². The van der Waals surface area contributed by atoms with Crippen molar-refractivity contribution in [3.05, 3.63) is 28.8 Å². The molecular formula is C17H26O3. The number of phenols is 1. The number of carbonyl (C=O) groups is 1. The molecule has 0 unspecified atom stereocenters. The summed E-state index contributed by atoms with van der Waals surface area (Å²) in [6.07, 6.45) is 1.19. The largest absolute Gasteiger partial charge is 0.507 e. The Balaban J connectivity index is 3.37. The molecule has 1 aromatic carbocycles. The van der Waals surface area contributed by atoms with Gasteiger partial charge >= 0.3 is 5.97 Å². The molecule has 20 heavy (non-hydrogen) atoms. The first-order valence-corrected chi connectivity index (χ1v) is 7.07. The van der Waals surface area contributed by atoms with Gasteiger partial charge in [0.2, 0.25) is 0 Å². The van der Waals surface area contributed by atoms with E-state index in [-0.39, 0.29) is 11.2 Å². The molecule has 0 atom stereocenters. The Kier molecular flexibility index (Phi) is 4.52. The molecule has 112 valence electrons. The van der Waals surface area contributed by atoms with Crippen LogP contribution in [-0.4, -0.2) is 16.2 Å². The maximum atomic E-state index is 11.3. The van der Waals surface area contributed by atoms with Gasteiger partial charge in [-0.2, -0.15) is 0 Å². The first kappa shape index (κ1) is 16.5. The van der Waals surface area contributed by atoms with E-state index in [2.05, 4.69) is 6.92 Å². The lowest BCUT2D eigenvalue weighted by molar-refractivity contribution is -0.146. The zero-order valence-electron chi connectivity index (χ0n) is 13.4. The van der Waals surface area contributed by atoms with Gasteiger partial charge in [-0.05, 0) is 48.8 Å². The third-order valence-electron chi connectivity index (χ3n) is 3.68. The smallest absolute Gasteiger partial charge is 0.309 e. The predicted octanol–water partition coefficient (Wildman–Crippen LogP) is 3.91. The molecule has 0 bridgehead atoms. The van der Waals surface area contributed by atoms with Crippen LogP contribution >= 0.6 is 0 Å². The van der Waals surface area contributed by atoms with Crippen LogP contribution in [-0.2, 0) is 23.1 Å². The van der Waals surface area contributed by atoms with Crippen molar-refractivity contribution in [3.63, 3.8) is 0 Å². The number of carboxylic acid groups (broad SMARTS) is 1. The topological polar surface area (TPSA) is 57.5 Å². The molecule has 0 radical (unpaired) electrons. The molecule has 3 nitrogen and oxygen atoms in total. The Bertz CT molecular complexity index is 508. The summed E-state index contributed by atoms with van der Waals surface area (Å²) in [7, 11) is 0. The number of rotatable bonds is 4. The fourth-order valence-electron chi connectivity index (χ4n) is 2.22. The first-order chi connectivity index (χ1) is 8.99. The van der Waals surface area contributed by atoms with E-state index in [0.29, 0.717) is 6.42 Å². The summed E-state index contributed by atoms with van der Waals surface area (Å²) in [6.45, 7) is 11.6. The molecule has 0 saturated carbocycles. The van der Waals surface area contributed by atoms with Crippen LogP contribution in [0.2, 0.25) is 0 Å². The van der Waals surface area contributed by atoms with Crippen molar-refractivity contribution in [1.29, 1.82) is 0 Å². The number of aliphatic carboxylic acids is 1. The lowest BCUT2D eigenvalue weighted by Gasteiger charge is -2.26. The quantitative estimate of drug-likeness (QED) is 0.878. The molecule has 1 aromatic rings. The second-order valence-electron chi connectivity index (χ2n) is 7.12. The Morgan fingerprint density at radius 1 is 1.15 bits per heavy atom. The highest BCUT2D eigenvalue weighted by Gasteiger charge is 2.30. The molecule has 0 spiro atoms. The standard InChI is InChI=1S/C17H26O3/c1-7-11-8-12(10-17(5,6)15(19)20)14(18)13(9-11)16(2,3)4/h8-9,18H,7,10H2,1-6H3,(H,19,20). The summed E-state index contributed by atoms with van der Waals surface area (Å²) < 4.78 is 0. The van der Waals surface area contributed by atoms with Crippen molar-refractivity contribution in [1.82, 2.24) is 0 Å². The van der Waals surface area contributed by atoms with Crippen molar-refractivity contribution >= 4 is 5.97 Å². The maximum absolute atomic E-state index is 11.3. The number of aromatic hydroxyl groups is 1. The Hall–Kier alpha value is -1.51. The average Bonchev–Trinajstić information content (AvgIpc) is 2.29.